The van der Waals surface area contributed by atoms with Crippen molar-refractivity contribution < 1.29 is 23.4 Å². The summed E-state index contributed by atoms with van der Waals surface area (Å²) in [5, 5.41) is 21.1. The van der Waals surface area contributed by atoms with Crippen molar-refractivity contribution in [2.75, 3.05) is 29.5 Å². The van der Waals surface area contributed by atoms with E-state index in [1.54, 1.807) is 12.1 Å². The minimum Gasteiger partial charge on any atom is -0.396 e. The largest absolute Gasteiger partial charge is 0.396 e. The maximum absolute atomic E-state index is 12.0. The highest BCUT2D eigenvalue weighted by Gasteiger charge is 2.15. The average molecular weight is 472 g/mol. The smallest absolute Gasteiger partial charge is 0.229 e. The number of pyridine rings is 2. The van der Waals surface area contributed by atoms with E-state index in [-0.39, 0.29) is 36.4 Å². The summed E-state index contributed by atoms with van der Waals surface area (Å²) in [6.45, 7) is -0.583. The molecule has 0 unspecified atom stereocenters. The highest BCUT2D eigenvalue weighted by Crippen LogP contribution is 2.30. The molecule has 0 aliphatic carbocycles. The van der Waals surface area contributed by atoms with Crippen molar-refractivity contribution in [2.24, 2.45) is 5.92 Å². The SMILES string of the molecule is CS(=O)(=O)Nc1cc(-c2ccc3nc(NC(=O)CC(CO)CO)sc3n2)cnc1Cl. The van der Waals surface area contributed by atoms with Crippen molar-refractivity contribution in [1.82, 2.24) is 15.0 Å². The van der Waals surface area contributed by atoms with Crippen LogP contribution in [-0.4, -0.2) is 59.0 Å². The van der Waals surface area contributed by atoms with Crippen molar-refractivity contribution in [1.29, 1.82) is 0 Å². The normalized spacial score (nSPS) is 11.8. The van der Waals surface area contributed by atoms with E-state index in [0.717, 1.165) is 17.6 Å². The minimum absolute atomic E-state index is 0.0112. The number of thiazole rings is 1. The van der Waals surface area contributed by atoms with Crippen LogP contribution in [0.1, 0.15) is 6.42 Å². The number of fused-ring (bicyclic) bond motifs is 1. The van der Waals surface area contributed by atoms with Gasteiger partial charge >= 0.3 is 0 Å². The zero-order chi connectivity index (χ0) is 21.9. The van der Waals surface area contributed by atoms with Gasteiger partial charge in [-0.1, -0.05) is 22.9 Å². The first-order valence-electron chi connectivity index (χ1n) is 8.61. The van der Waals surface area contributed by atoms with E-state index in [1.165, 1.54) is 12.3 Å². The van der Waals surface area contributed by atoms with Gasteiger partial charge in [-0.15, -0.1) is 0 Å². The fourth-order valence-corrected chi connectivity index (χ4v) is 4.13. The van der Waals surface area contributed by atoms with E-state index in [2.05, 4.69) is 25.0 Å². The molecular formula is C17H18ClN5O5S2. The summed E-state index contributed by atoms with van der Waals surface area (Å²) in [5.74, 6) is -0.906. The third kappa shape index (κ3) is 5.61. The molecule has 0 aliphatic heterocycles. The number of amides is 1. The predicted octanol–water partition coefficient (Wildman–Crippen LogP) is 1.71. The van der Waals surface area contributed by atoms with Gasteiger partial charge in [-0.3, -0.25) is 9.52 Å². The molecular weight excluding hydrogens is 454 g/mol. The van der Waals surface area contributed by atoms with Crippen molar-refractivity contribution in [3.63, 3.8) is 0 Å². The second-order valence-corrected chi connectivity index (χ2v) is 9.54. The van der Waals surface area contributed by atoms with E-state index in [0.29, 0.717) is 26.7 Å². The van der Waals surface area contributed by atoms with Crippen molar-refractivity contribution in [3.05, 3.63) is 29.5 Å². The summed E-state index contributed by atoms with van der Waals surface area (Å²) in [7, 11) is -3.53. The number of rotatable bonds is 8. The number of aromatic nitrogens is 3. The minimum atomic E-state index is -3.53. The third-order valence-corrected chi connectivity index (χ3v) is 5.69. The van der Waals surface area contributed by atoms with E-state index < -0.39 is 15.9 Å². The summed E-state index contributed by atoms with van der Waals surface area (Å²) in [5.41, 5.74) is 1.76. The molecule has 0 bridgehead atoms. The second-order valence-electron chi connectivity index (χ2n) is 6.46. The highest BCUT2D eigenvalue weighted by molar-refractivity contribution is 7.92. The number of hydrogen-bond donors (Lipinski definition) is 4. The van der Waals surface area contributed by atoms with Crippen molar-refractivity contribution in [3.8, 4) is 11.3 Å². The van der Waals surface area contributed by atoms with Gasteiger partial charge in [0, 0.05) is 37.3 Å². The Morgan fingerprint density at radius 2 is 2.00 bits per heavy atom. The van der Waals surface area contributed by atoms with E-state index in [9.17, 15) is 13.2 Å². The first-order chi connectivity index (χ1) is 14.2. The first kappa shape index (κ1) is 22.3. The van der Waals surface area contributed by atoms with E-state index in [4.69, 9.17) is 21.8 Å². The molecule has 4 N–H and O–H groups in total. The van der Waals surface area contributed by atoms with Gasteiger partial charge in [-0.2, -0.15) is 0 Å². The van der Waals surface area contributed by atoms with Gasteiger partial charge in [-0.25, -0.2) is 23.4 Å². The molecule has 30 heavy (non-hydrogen) atoms. The Hall–Kier alpha value is -2.38. The number of nitrogens with one attached hydrogen (secondary N) is 2. The Morgan fingerprint density at radius 1 is 1.27 bits per heavy atom. The number of hydrogen-bond acceptors (Lipinski definition) is 9. The average Bonchev–Trinajstić information content (AvgIpc) is 3.08. The lowest BCUT2D eigenvalue weighted by molar-refractivity contribution is -0.117. The Morgan fingerprint density at radius 3 is 2.67 bits per heavy atom. The zero-order valence-electron chi connectivity index (χ0n) is 15.7. The quantitative estimate of drug-likeness (QED) is 0.362. The van der Waals surface area contributed by atoms with Gasteiger partial charge in [-0.05, 0) is 18.2 Å². The Bertz CT molecular complexity index is 1180. The van der Waals surface area contributed by atoms with Gasteiger partial charge < -0.3 is 15.5 Å². The summed E-state index contributed by atoms with van der Waals surface area (Å²) >= 11 is 7.11. The van der Waals surface area contributed by atoms with Crippen LogP contribution in [0.2, 0.25) is 5.15 Å². The summed E-state index contributed by atoms with van der Waals surface area (Å²) in [4.78, 5) is 25.4. The number of carbonyl (C=O) groups is 1. The molecule has 3 aromatic rings. The van der Waals surface area contributed by atoms with Crippen LogP contribution in [0.25, 0.3) is 21.6 Å². The summed E-state index contributed by atoms with van der Waals surface area (Å²) in [6, 6.07) is 4.93. The molecule has 10 nitrogen and oxygen atoms in total. The van der Waals surface area contributed by atoms with Crippen LogP contribution < -0.4 is 10.0 Å². The maximum atomic E-state index is 12.0. The maximum Gasteiger partial charge on any atom is 0.229 e. The summed E-state index contributed by atoms with van der Waals surface area (Å²) < 4.78 is 25.3. The molecule has 160 valence electrons. The topological polar surface area (TPSA) is 154 Å². The lowest BCUT2D eigenvalue weighted by Gasteiger charge is -2.09. The van der Waals surface area contributed by atoms with Crippen LogP contribution in [-0.2, 0) is 14.8 Å². The lowest BCUT2D eigenvalue weighted by Crippen LogP contribution is -2.21. The second kappa shape index (κ2) is 9.18. The lowest BCUT2D eigenvalue weighted by atomic mass is 10.1. The molecule has 0 saturated heterocycles. The number of carbonyl (C=O) groups excluding carboxylic acids is 1. The molecule has 3 rings (SSSR count). The van der Waals surface area contributed by atoms with Crippen LogP contribution in [0.4, 0.5) is 10.8 Å². The van der Waals surface area contributed by atoms with E-state index in [1.807, 2.05) is 0 Å². The summed E-state index contributed by atoms with van der Waals surface area (Å²) in [6.07, 6.45) is 2.45. The Labute approximate surface area is 181 Å². The molecule has 0 aliphatic rings. The van der Waals surface area contributed by atoms with Gasteiger partial charge in [0.1, 0.15) is 10.3 Å². The monoisotopic (exact) mass is 471 g/mol. The fourth-order valence-electron chi connectivity index (χ4n) is 2.51. The van der Waals surface area contributed by atoms with Crippen LogP contribution in [0.3, 0.4) is 0 Å². The zero-order valence-corrected chi connectivity index (χ0v) is 18.1. The highest BCUT2D eigenvalue weighted by atomic mass is 35.5. The molecule has 0 saturated carbocycles. The number of halogens is 1. The first-order valence-corrected chi connectivity index (χ1v) is 11.7. The van der Waals surface area contributed by atoms with Crippen LogP contribution in [0.15, 0.2) is 24.4 Å². The third-order valence-electron chi connectivity index (χ3n) is 3.92. The standard InChI is InChI=1S/C17H18ClN5O5S2/c1-30(27,28)23-13-5-10(6-19-15(13)18)11-2-3-12-16(20-11)29-17(21-12)22-14(26)4-9(7-24)8-25/h2-3,5-6,9,23-25H,4,7-8H2,1H3,(H,21,22,26). The molecule has 0 aromatic carbocycles. The fraction of sp³-hybridized carbons (Fsp3) is 0.294. The van der Waals surface area contributed by atoms with Gasteiger partial charge in [0.15, 0.2) is 10.3 Å². The van der Waals surface area contributed by atoms with Gasteiger partial charge in [0.2, 0.25) is 15.9 Å². The molecule has 1 amide bonds. The number of sulfonamides is 1. The van der Waals surface area contributed by atoms with Gasteiger partial charge in [0.25, 0.3) is 0 Å². The molecule has 0 fully saturated rings. The Balaban J connectivity index is 1.84. The molecule has 13 heteroatoms. The molecule has 0 radical (unpaired) electrons. The van der Waals surface area contributed by atoms with Crippen LogP contribution in [0.5, 0.6) is 0 Å². The number of aliphatic hydroxyl groups excluding tert-OH is 2. The van der Waals surface area contributed by atoms with Crippen molar-refractivity contribution >= 4 is 60.0 Å². The van der Waals surface area contributed by atoms with Crippen LogP contribution >= 0.6 is 22.9 Å². The van der Waals surface area contributed by atoms with Crippen molar-refractivity contribution in [2.45, 2.75) is 6.42 Å². The molecule has 0 atom stereocenters. The van der Waals surface area contributed by atoms with E-state index >= 15 is 0 Å². The number of aliphatic hydroxyl groups is 2. The number of anilines is 2. The molecule has 3 heterocycles. The Kier molecular flexibility index (Phi) is 6.83. The van der Waals surface area contributed by atoms with Crippen LogP contribution in [0, 0.1) is 5.92 Å². The molecule has 3 aromatic heterocycles. The van der Waals surface area contributed by atoms with Gasteiger partial charge in [0.05, 0.1) is 17.6 Å². The predicted molar refractivity (Wildman–Crippen MR) is 115 cm³/mol. The number of nitrogens with zero attached hydrogens (tertiary/aromatic N) is 3. The molecule has 0 spiro atoms.